The zero-order valence-corrected chi connectivity index (χ0v) is 13.5. The summed E-state index contributed by atoms with van der Waals surface area (Å²) in [5.41, 5.74) is 0. The molecule has 0 bridgehead atoms. The first-order chi connectivity index (χ1) is 9.04. The van der Waals surface area contributed by atoms with Crippen molar-refractivity contribution in [2.24, 2.45) is 0 Å². The number of carbonyl (C=O) groups excluding carboxylic acids is 1. The van der Waals surface area contributed by atoms with E-state index in [0.29, 0.717) is 6.54 Å². The predicted octanol–water partition coefficient (Wildman–Crippen LogP) is 0.403. The second-order valence-electron chi connectivity index (χ2n) is 4.72. The number of hydrogen-bond acceptors (Lipinski definition) is 5. The molecule has 0 unspecified atom stereocenters. The fraction of sp³-hybridized carbons (Fsp3) is 0.833. The molecule has 0 saturated carbocycles. The molecule has 1 aliphatic heterocycles. The molecule has 0 radical (unpaired) electrons. The molecule has 1 heterocycles. The Balaban J connectivity index is 2.29. The predicted molar refractivity (Wildman–Crippen MR) is 83.6 cm³/mol. The molecule has 1 fully saturated rings. The molecule has 1 aliphatic rings. The maximum absolute atomic E-state index is 11.5. The number of nitrogens with zero attached hydrogens (tertiary/aromatic N) is 2. The molecule has 1 saturated heterocycles. The number of esters is 1. The van der Waals surface area contributed by atoms with Gasteiger partial charge in [0.15, 0.2) is 5.11 Å². The molecule has 0 amide bonds. The lowest BCUT2D eigenvalue weighted by Crippen LogP contribution is -2.49. The van der Waals surface area contributed by atoms with Crippen LogP contribution in [0.3, 0.4) is 0 Å². The van der Waals surface area contributed by atoms with Gasteiger partial charge in [0.05, 0.1) is 7.11 Å². The highest BCUT2D eigenvalue weighted by Crippen LogP contribution is 2.19. The zero-order chi connectivity index (χ0) is 14.3. The van der Waals surface area contributed by atoms with Gasteiger partial charge in [-0.15, -0.1) is 11.8 Å². The minimum absolute atomic E-state index is 0.125. The molecule has 0 aromatic heterocycles. The number of ether oxygens (including phenoxy) is 1. The molecule has 1 rings (SSSR count). The molecule has 1 atom stereocenters. The Morgan fingerprint density at radius 1 is 1.58 bits per heavy atom. The fourth-order valence-corrected chi connectivity index (χ4v) is 3.21. The van der Waals surface area contributed by atoms with Gasteiger partial charge < -0.3 is 19.9 Å². The molecule has 0 aliphatic carbocycles. The lowest BCUT2D eigenvalue weighted by molar-refractivity contribution is -0.140. The fourth-order valence-electron chi connectivity index (χ4n) is 1.81. The summed E-state index contributed by atoms with van der Waals surface area (Å²) in [5.74, 6) is 0.740. The van der Waals surface area contributed by atoms with E-state index >= 15 is 0 Å². The average Bonchev–Trinajstić information content (AvgIpc) is 2.42. The van der Waals surface area contributed by atoms with E-state index in [0.717, 1.165) is 36.9 Å². The van der Waals surface area contributed by atoms with Gasteiger partial charge in [0.1, 0.15) is 5.25 Å². The Morgan fingerprint density at radius 2 is 2.32 bits per heavy atom. The van der Waals surface area contributed by atoms with Crippen LogP contribution in [0.25, 0.3) is 0 Å². The van der Waals surface area contributed by atoms with Crippen molar-refractivity contribution in [3.63, 3.8) is 0 Å². The normalized spacial score (nSPS) is 19.4. The summed E-state index contributed by atoms with van der Waals surface area (Å²) in [5, 5.41) is 3.87. The largest absolute Gasteiger partial charge is 0.468 e. The van der Waals surface area contributed by atoms with Gasteiger partial charge in [-0.2, -0.15) is 0 Å². The number of nitrogens with one attached hydrogen (secondary N) is 1. The number of carbonyl (C=O) groups is 1. The first-order valence-electron chi connectivity index (χ1n) is 6.41. The summed E-state index contributed by atoms with van der Waals surface area (Å²) in [6.45, 7) is 3.42. The molecular weight excluding hydrogens is 282 g/mol. The molecule has 0 aromatic carbocycles. The van der Waals surface area contributed by atoms with Crippen molar-refractivity contribution >= 4 is 35.1 Å². The number of hydrogen-bond donors (Lipinski definition) is 1. The van der Waals surface area contributed by atoms with E-state index in [1.165, 1.54) is 7.11 Å². The third kappa shape index (κ3) is 5.97. The Bertz CT molecular complexity index is 313. The van der Waals surface area contributed by atoms with Gasteiger partial charge in [0.2, 0.25) is 0 Å². The third-order valence-corrected chi connectivity index (χ3v) is 4.44. The Hall–Kier alpha value is -0.530. The van der Waals surface area contributed by atoms with E-state index in [1.807, 2.05) is 0 Å². The first kappa shape index (κ1) is 16.5. The van der Waals surface area contributed by atoms with Crippen LogP contribution < -0.4 is 5.32 Å². The van der Waals surface area contributed by atoms with Gasteiger partial charge in [-0.25, -0.2) is 0 Å². The van der Waals surface area contributed by atoms with Crippen LogP contribution >= 0.6 is 24.0 Å². The summed E-state index contributed by atoms with van der Waals surface area (Å²) in [7, 11) is 5.54. The number of methoxy groups -OCH3 is 1. The van der Waals surface area contributed by atoms with Crippen molar-refractivity contribution in [2.75, 3.05) is 53.1 Å². The summed E-state index contributed by atoms with van der Waals surface area (Å²) in [6.07, 6.45) is 1.05. The molecule has 19 heavy (non-hydrogen) atoms. The van der Waals surface area contributed by atoms with Gasteiger partial charge >= 0.3 is 5.97 Å². The Morgan fingerprint density at radius 3 is 2.95 bits per heavy atom. The minimum atomic E-state index is -0.162. The second-order valence-corrected chi connectivity index (χ2v) is 6.41. The summed E-state index contributed by atoms with van der Waals surface area (Å²) >= 11 is 7.01. The van der Waals surface area contributed by atoms with Crippen molar-refractivity contribution in [3.8, 4) is 0 Å². The van der Waals surface area contributed by atoms with Crippen LogP contribution in [0.2, 0.25) is 0 Å². The SMILES string of the molecule is COC(=O)[C@@H]1CN(C(=S)NCCCN(C)C)CCS1. The van der Waals surface area contributed by atoms with E-state index in [2.05, 4.69) is 29.2 Å². The van der Waals surface area contributed by atoms with Gasteiger partial charge in [-0.05, 0) is 39.3 Å². The Labute approximate surface area is 125 Å². The molecule has 1 N–H and O–H groups in total. The number of thioether (sulfide) groups is 1. The number of rotatable bonds is 5. The van der Waals surface area contributed by atoms with Crippen molar-refractivity contribution in [1.29, 1.82) is 0 Å². The maximum atomic E-state index is 11.5. The van der Waals surface area contributed by atoms with Crippen LogP contribution in [0, 0.1) is 0 Å². The Kier molecular flexibility index (Phi) is 7.48. The van der Waals surface area contributed by atoms with E-state index < -0.39 is 0 Å². The van der Waals surface area contributed by atoms with Crippen LogP contribution in [0.15, 0.2) is 0 Å². The quantitative estimate of drug-likeness (QED) is 0.448. The first-order valence-corrected chi connectivity index (χ1v) is 7.87. The highest BCUT2D eigenvalue weighted by molar-refractivity contribution is 8.00. The highest BCUT2D eigenvalue weighted by atomic mass is 32.2. The highest BCUT2D eigenvalue weighted by Gasteiger charge is 2.28. The smallest absolute Gasteiger partial charge is 0.320 e. The molecule has 7 heteroatoms. The van der Waals surface area contributed by atoms with Crippen molar-refractivity contribution in [2.45, 2.75) is 11.7 Å². The van der Waals surface area contributed by atoms with Crippen molar-refractivity contribution in [1.82, 2.24) is 15.1 Å². The molecule has 110 valence electrons. The zero-order valence-electron chi connectivity index (χ0n) is 11.8. The van der Waals surface area contributed by atoms with E-state index in [4.69, 9.17) is 17.0 Å². The third-order valence-electron chi connectivity index (χ3n) is 2.88. The summed E-state index contributed by atoms with van der Waals surface area (Å²) in [6, 6.07) is 0. The van der Waals surface area contributed by atoms with Gasteiger partial charge in [0.25, 0.3) is 0 Å². The van der Waals surface area contributed by atoms with Crippen molar-refractivity contribution < 1.29 is 9.53 Å². The van der Waals surface area contributed by atoms with E-state index in [-0.39, 0.29) is 11.2 Å². The van der Waals surface area contributed by atoms with Crippen LogP contribution in [-0.4, -0.2) is 79.3 Å². The monoisotopic (exact) mass is 305 g/mol. The molecule has 0 spiro atoms. The van der Waals surface area contributed by atoms with Crippen LogP contribution in [0.4, 0.5) is 0 Å². The second kappa shape index (κ2) is 8.60. The van der Waals surface area contributed by atoms with E-state index in [1.54, 1.807) is 11.8 Å². The molecular formula is C12H23N3O2S2. The topological polar surface area (TPSA) is 44.8 Å². The average molecular weight is 305 g/mol. The van der Waals surface area contributed by atoms with Gasteiger partial charge in [-0.1, -0.05) is 0 Å². The van der Waals surface area contributed by atoms with Crippen LogP contribution in [0.1, 0.15) is 6.42 Å². The maximum Gasteiger partial charge on any atom is 0.320 e. The van der Waals surface area contributed by atoms with Crippen LogP contribution in [-0.2, 0) is 9.53 Å². The number of thiocarbonyl (C=S) groups is 1. The standard InChI is InChI=1S/C12H23N3O2S2/c1-14(2)6-4-5-13-12(18)15-7-8-19-10(9-15)11(16)17-3/h10H,4-9H2,1-3H3,(H,13,18)/t10-/m0/s1. The van der Waals surface area contributed by atoms with Gasteiger partial charge in [0, 0.05) is 25.4 Å². The summed E-state index contributed by atoms with van der Waals surface area (Å²) < 4.78 is 4.79. The summed E-state index contributed by atoms with van der Waals surface area (Å²) in [4.78, 5) is 15.7. The molecule has 5 nitrogen and oxygen atoms in total. The van der Waals surface area contributed by atoms with Crippen LogP contribution in [0.5, 0.6) is 0 Å². The molecule has 0 aromatic rings. The lowest BCUT2D eigenvalue weighted by Gasteiger charge is -2.33. The van der Waals surface area contributed by atoms with Gasteiger partial charge in [-0.3, -0.25) is 4.79 Å². The minimum Gasteiger partial charge on any atom is -0.468 e. The van der Waals surface area contributed by atoms with E-state index in [9.17, 15) is 4.79 Å². The lowest BCUT2D eigenvalue weighted by atomic mass is 10.3. The van der Waals surface area contributed by atoms with Crippen molar-refractivity contribution in [3.05, 3.63) is 0 Å².